The van der Waals surface area contributed by atoms with Crippen molar-refractivity contribution >= 4 is 0 Å². The molecule has 0 fully saturated rings. The maximum atomic E-state index is 10.3. The van der Waals surface area contributed by atoms with Crippen LogP contribution >= 0.6 is 0 Å². The Morgan fingerprint density at radius 1 is 1.05 bits per heavy atom. The summed E-state index contributed by atoms with van der Waals surface area (Å²) >= 11 is 0. The summed E-state index contributed by atoms with van der Waals surface area (Å²) in [6.07, 6.45) is 0. The molecule has 22 heavy (non-hydrogen) atoms. The molecule has 0 radical (unpaired) electrons. The molecule has 1 heterocycles. The van der Waals surface area contributed by atoms with Gasteiger partial charge in [0.15, 0.2) is 23.0 Å². The zero-order valence-electron chi connectivity index (χ0n) is 12.7. The van der Waals surface area contributed by atoms with E-state index >= 15 is 0 Å². The Morgan fingerprint density at radius 3 is 2.45 bits per heavy atom. The molecule has 116 valence electrons. The Morgan fingerprint density at radius 2 is 1.77 bits per heavy atom. The Hall–Kier alpha value is -2.40. The minimum Gasteiger partial charge on any atom is -0.504 e. The Labute approximate surface area is 129 Å². The Balaban J connectivity index is 2.05. The van der Waals surface area contributed by atoms with Gasteiger partial charge in [0.1, 0.15) is 6.54 Å². The van der Waals surface area contributed by atoms with Gasteiger partial charge in [-0.15, -0.1) is 0 Å². The van der Waals surface area contributed by atoms with Gasteiger partial charge in [-0.1, -0.05) is 12.1 Å². The van der Waals surface area contributed by atoms with E-state index in [0.717, 1.165) is 29.8 Å². The van der Waals surface area contributed by atoms with Crippen LogP contribution in [0.3, 0.4) is 0 Å². The summed E-state index contributed by atoms with van der Waals surface area (Å²) < 4.78 is 10.3. The average molecular weight is 302 g/mol. The van der Waals surface area contributed by atoms with Gasteiger partial charge in [0.2, 0.25) is 0 Å². The van der Waals surface area contributed by atoms with Crippen LogP contribution in [0, 0.1) is 0 Å². The van der Waals surface area contributed by atoms with Gasteiger partial charge in [0.25, 0.3) is 0 Å². The highest BCUT2D eigenvalue weighted by Crippen LogP contribution is 2.39. The molecule has 5 nitrogen and oxygen atoms in total. The molecule has 0 saturated carbocycles. The maximum absolute atomic E-state index is 10.3. The highest BCUT2D eigenvalue weighted by Gasteiger charge is 2.28. The first-order chi connectivity index (χ1) is 10.7. The molecule has 1 aliphatic rings. The van der Waals surface area contributed by atoms with Crippen molar-refractivity contribution < 1.29 is 25.0 Å². The number of methoxy groups -OCH3 is 2. The number of hydrogen-bond acceptors (Lipinski definition) is 4. The van der Waals surface area contributed by atoms with Crippen molar-refractivity contribution in [3.05, 3.63) is 47.0 Å². The van der Waals surface area contributed by atoms with E-state index in [4.69, 9.17) is 9.47 Å². The van der Waals surface area contributed by atoms with Crippen molar-refractivity contribution in [3.63, 3.8) is 0 Å². The summed E-state index contributed by atoms with van der Waals surface area (Å²) in [6, 6.07) is 9.23. The van der Waals surface area contributed by atoms with Crippen LogP contribution in [-0.2, 0) is 6.54 Å². The molecule has 1 atom stereocenters. The summed E-state index contributed by atoms with van der Waals surface area (Å²) in [4.78, 5) is 0. The minimum absolute atomic E-state index is 0.109. The third-order valence-corrected chi connectivity index (χ3v) is 4.23. The molecule has 0 amide bonds. The highest BCUT2D eigenvalue weighted by molar-refractivity contribution is 5.54. The fraction of sp³-hybridized carbons (Fsp3) is 0.294. The predicted molar refractivity (Wildman–Crippen MR) is 81.7 cm³/mol. The SMILES string of the molecule is COc1ccc([C@@H]2C[NH2+]Cc3c2ccc(OC)c3O)cc1O. The molecule has 0 unspecified atom stereocenters. The fourth-order valence-corrected chi connectivity index (χ4v) is 3.10. The van der Waals surface area contributed by atoms with E-state index in [2.05, 4.69) is 5.32 Å². The lowest BCUT2D eigenvalue weighted by molar-refractivity contribution is -0.675. The van der Waals surface area contributed by atoms with Crippen LogP contribution in [0.4, 0.5) is 0 Å². The first-order valence-corrected chi connectivity index (χ1v) is 7.23. The van der Waals surface area contributed by atoms with Crippen molar-refractivity contribution in [1.29, 1.82) is 0 Å². The zero-order valence-corrected chi connectivity index (χ0v) is 12.7. The van der Waals surface area contributed by atoms with E-state index < -0.39 is 0 Å². The molecule has 5 heteroatoms. The molecular formula is C17H20NO4+. The minimum atomic E-state index is 0.109. The smallest absolute Gasteiger partial charge is 0.166 e. The largest absolute Gasteiger partial charge is 0.504 e. The summed E-state index contributed by atoms with van der Waals surface area (Å²) in [7, 11) is 3.08. The molecule has 0 aliphatic carbocycles. The van der Waals surface area contributed by atoms with Gasteiger partial charge in [0, 0.05) is 0 Å². The maximum Gasteiger partial charge on any atom is 0.166 e. The van der Waals surface area contributed by atoms with Crippen LogP contribution in [-0.4, -0.2) is 31.0 Å². The van der Waals surface area contributed by atoms with Gasteiger partial charge >= 0.3 is 0 Å². The van der Waals surface area contributed by atoms with Crippen molar-refractivity contribution in [3.8, 4) is 23.0 Å². The molecular weight excluding hydrogens is 282 g/mol. The molecule has 2 aromatic rings. The average Bonchev–Trinajstić information content (AvgIpc) is 2.55. The molecule has 0 aromatic heterocycles. The third kappa shape index (κ3) is 2.33. The summed E-state index contributed by atoms with van der Waals surface area (Å²) in [5, 5.41) is 22.5. The Bertz CT molecular complexity index is 699. The summed E-state index contributed by atoms with van der Waals surface area (Å²) in [5.74, 6) is 1.40. The number of rotatable bonds is 3. The van der Waals surface area contributed by atoms with Gasteiger partial charge in [-0.2, -0.15) is 0 Å². The summed E-state index contributed by atoms with van der Waals surface area (Å²) in [6.45, 7) is 1.58. The predicted octanol–water partition coefficient (Wildman–Crippen LogP) is 1.32. The normalized spacial score (nSPS) is 16.9. The van der Waals surface area contributed by atoms with Crippen LogP contribution in [0.25, 0.3) is 0 Å². The van der Waals surface area contributed by atoms with Crippen LogP contribution in [0.1, 0.15) is 22.6 Å². The van der Waals surface area contributed by atoms with Gasteiger partial charge in [-0.05, 0) is 29.3 Å². The number of quaternary nitrogens is 1. The lowest BCUT2D eigenvalue weighted by atomic mass is 9.85. The van der Waals surface area contributed by atoms with E-state index in [9.17, 15) is 10.2 Å². The standard InChI is InChI=1S/C17H19NO4/c1-21-15-5-3-10(7-14(15)19)12-8-18-9-13-11(12)4-6-16(22-2)17(13)20/h3-7,12,18-20H,8-9H2,1-2H3/p+1/t12-/m0/s1. The number of aromatic hydroxyl groups is 2. The van der Waals surface area contributed by atoms with E-state index in [1.165, 1.54) is 7.11 Å². The quantitative estimate of drug-likeness (QED) is 0.799. The van der Waals surface area contributed by atoms with E-state index in [1.54, 1.807) is 25.3 Å². The zero-order chi connectivity index (χ0) is 15.7. The van der Waals surface area contributed by atoms with Crippen LogP contribution in [0.2, 0.25) is 0 Å². The first kappa shape index (κ1) is 14.5. The number of phenols is 2. The van der Waals surface area contributed by atoms with Crippen LogP contribution in [0.5, 0.6) is 23.0 Å². The van der Waals surface area contributed by atoms with Gasteiger partial charge in [0.05, 0.1) is 32.2 Å². The second-order valence-corrected chi connectivity index (χ2v) is 5.40. The highest BCUT2D eigenvalue weighted by atomic mass is 16.5. The number of hydrogen-bond donors (Lipinski definition) is 3. The van der Waals surface area contributed by atoms with E-state index in [0.29, 0.717) is 11.5 Å². The van der Waals surface area contributed by atoms with E-state index in [-0.39, 0.29) is 17.4 Å². The molecule has 4 N–H and O–H groups in total. The third-order valence-electron chi connectivity index (χ3n) is 4.23. The number of nitrogens with two attached hydrogens (primary N) is 1. The van der Waals surface area contributed by atoms with Crippen molar-refractivity contribution in [2.75, 3.05) is 20.8 Å². The van der Waals surface area contributed by atoms with Gasteiger partial charge in [-0.25, -0.2) is 0 Å². The number of ether oxygens (including phenoxy) is 2. The molecule has 0 saturated heterocycles. The lowest BCUT2D eigenvalue weighted by Crippen LogP contribution is -2.85. The van der Waals surface area contributed by atoms with Gasteiger partial charge < -0.3 is 25.0 Å². The molecule has 1 aliphatic heterocycles. The molecule has 0 spiro atoms. The number of fused-ring (bicyclic) bond motifs is 1. The monoisotopic (exact) mass is 302 g/mol. The number of phenolic OH excluding ortho intramolecular Hbond substituents is 2. The van der Waals surface area contributed by atoms with Crippen molar-refractivity contribution in [1.82, 2.24) is 0 Å². The fourth-order valence-electron chi connectivity index (χ4n) is 3.10. The number of benzene rings is 2. The molecule has 0 bridgehead atoms. The van der Waals surface area contributed by atoms with E-state index in [1.807, 2.05) is 12.1 Å². The topological polar surface area (TPSA) is 75.5 Å². The van der Waals surface area contributed by atoms with Crippen LogP contribution < -0.4 is 14.8 Å². The van der Waals surface area contributed by atoms with Crippen LogP contribution in [0.15, 0.2) is 30.3 Å². The summed E-state index contributed by atoms with van der Waals surface area (Å²) in [5.41, 5.74) is 2.97. The Kier molecular flexibility index (Phi) is 3.81. The van der Waals surface area contributed by atoms with Crippen molar-refractivity contribution in [2.24, 2.45) is 0 Å². The second-order valence-electron chi connectivity index (χ2n) is 5.40. The second kappa shape index (κ2) is 5.77. The van der Waals surface area contributed by atoms with Crippen molar-refractivity contribution in [2.45, 2.75) is 12.5 Å². The lowest BCUT2D eigenvalue weighted by Gasteiger charge is -2.26. The molecule has 3 rings (SSSR count). The van der Waals surface area contributed by atoms with Gasteiger partial charge in [-0.3, -0.25) is 0 Å². The first-order valence-electron chi connectivity index (χ1n) is 7.23. The molecule has 2 aromatic carbocycles.